The zero-order valence-corrected chi connectivity index (χ0v) is 13.2. The highest BCUT2D eigenvalue weighted by molar-refractivity contribution is 6.02. The van der Waals surface area contributed by atoms with E-state index in [2.05, 4.69) is 4.98 Å². The van der Waals surface area contributed by atoms with Gasteiger partial charge in [-0.2, -0.15) is 5.26 Å². The lowest BCUT2D eigenvalue weighted by Crippen LogP contribution is -2.23. The molecule has 2 aromatic rings. The van der Waals surface area contributed by atoms with Gasteiger partial charge in [-0.1, -0.05) is 30.3 Å². The average molecular weight is 319 g/mol. The molecule has 1 saturated heterocycles. The van der Waals surface area contributed by atoms with Gasteiger partial charge in [0.25, 0.3) is 0 Å². The van der Waals surface area contributed by atoms with Crippen LogP contribution in [0.5, 0.6) is 0 Å². The highest BCUT2D eigenvalue weighted by Crippen LogP contribution is 2.20. The van der Waals surface area contributed by atoms with E-state index >= 15 is 0 Å². The first-order valence-electron chi connectivity index (χ1n) is 7.90. The first-order valence-corrected chi connectivity index (χ1v) is 7.90. The van der Waals surface area contributed by atoms with E-state index in [0.29, 0.717) is 24.2 Å². The number of likely N-dealkylation sites (tertiary alicyclic amines) is 1. The molecule has 1 aromatic carbocycles. The van der Waals surface area contributed by atoms with Gasteiger partial charge in [-0.3, -0.25) is 14.6 Å². The van der Waals surface area contributed by atoms with Gasteiger partial charge in [-0.15, -0.1) is 0 Å². The van der Waals surface area contributed by atoms with E-state index in [9.17, 15) is 14.9 Å². The second-order valence-electron chi connectivity index (χ2n) is 5.80. The Bertz CT molecular complexity index is 779. The summed E-state index contributed by atoms with van der Waals surface area (Å²) in [6.45, 7) is 1.35. The smallest absolute Gasteiger partial charge is 0.222 e. The third-order valence-electron chi connectivity index (χ3n) is 4.16. The summed E-state index contributed by atoms with van der Waals surface area (Å²) in [5.74, 6) is -0.993. The molecular formula is C19H17N3O2. The first-order chi connectivity index (χ1) is 11.7. The zero-order valence-electron chi connectivity index (χ0n) is 13.2. The molecule has 1 fully saturated rings. The van der Waals surface area contributed by atoms with Crippen LogP contribution in [0.4, 0.5) is 0 Å². The van der Waals surface area contributed by atoms with Gasteiger partial charge in [0.15, 0.2) is 11.7 Å². The van der Waals surface area contributed by atoms with Crippen molar-refractivity contribution in [1.29, 1.82) is 5.26 Å². The molecule has 0 spiro atoms. The predicted molar refractivity (Wildman–Crippen MR) is 88.0 cm³/mol. The molecule has 5 nitrogen and oxygen atoms in total. The number of hydrogen-bond acceptors (Lipinski definition) is 4. The fourth-order valence-electron chi connectivity index (χ4n) is 2.84. The molecule has 1 aliphatic heterocycles. The van der Waals surface area contributed by atoms with Crippen LogP contribution in [0.25, 0.3) is 0 Å². The number of amides is 1. The number of nitrogens with zero attached hydrogens (tertiary/aromatic N) is 3. The van der Waals surface area contributed by atoms with Crippen LogP contribution in [0.3, 0.4) is 0 Å². The Labute approximate surface area is 140 Å². The van der Waals surface area contributed by atoms with Gasteiger partial charge in [-0.25, -0.2) is 0 Å². The summed E-state index contributed by atoms with van der Waals surface area (Å²) in [4.78, 5) is 30.2. The van der Waals surface area contributed by atoms with Gasteiger partial charge in [0.2, 0.25) is 5.91 Å². The van der Waals surface area contributed by atoms with Crippen molar-refractivity contribution in [3.8, 4) is 6.07 Å². The minimum absolute atomic E-state index is 0.176. The number of ketones is 1. The van der Waals surface area contributed by atoms with Crippen LogP contribution in [-0.4, -0.2) is 28.1 Å². The van der Waals surface area contributed by atoms with Gasteiger partial charge in [-0.05, 0) is 24.1 Å². The van der Waals surface area contributed by atoms with Gasteiger partial charge >= 0.3 is 0 Å². The minimum Gasteiger partial charge on any atom is -0.338 e. The topological polar surface area (TPSA) is 74.1 Å². The fraction of sp³-hybridized carbons (Fsp3) is 0.263. The Kier molecular flexibility index (Phi) is 4.66. The van der Waals surface area contributed by atoms with E-state index in [1.54, 1.807) is 36.5 Å². The largest absolute Gasteiger partial charge is 0.338 e. The molecule has 1 aliphatic rings. The molecule has 24 heavy (non-hydrogen) atoms. The molecule has 5 heteroatoms. The Morgan fingerprint density at radius 2 is 2.04 bits per heavy atom. The number of carbonyl (C=O) groups excluding carboxylic acids is 2. The molecule has 3 rings (SSSR count). The SMILES string of the molecule is N#CC(C(=O)c1ccc(CN2CCCC2=O)cc1)c1ccccn1. The van der Waals surface area contributed by atoms with Crippen LogP contribution in [-0.2, 0) is 11.3 Å². The van der Waals surface area contributed by atoms with E-state index in [4.69, 9.17) is 0 Å². The van der Waals surface area contributed by atoms with Crippen molar-refractivity contribution >= 4 is 11.7 Å². The summed E-state index contributed by atoms with van der Waals surface area (Å²) in [5, 5.41) is 9.33. The number of hydrogen-bond donors (Lipinski definition) is 0. The van der Waals surface area contributed by atoms with E-state index in [1.165, 1.54) is 0 Å². The Balaban J connectivity index is 1.74. The third-order valence-corrected chi connectivity index (χ3v) is 4.16. The number of pyridine rings is 1. The molecule has 1 amide bonds. The maximum atomic E-state index is 12.6. The third kappa shape index (κ3) is 3.33. The van der Waals surface area contributed by atoms with Crippen molar-refractivity contribution in [1.82, 2.24) is 9.88 Å². The Morgan fingerprint density at radius 3 is 2.62 bits per heavy atom. The second-order valence-corrected chi connectivity index (χ2v) is 5.80. The molecule has 2 heterocycles. The number of benzene rings is 1. The number of Topliss-reactive ketones (excluding diaryl/α,β-unsaturated/α-hetero) is 1. The molecule has 0 bridgehead atoms. The van der Waals surface area contributed by atoms with Crippen LogP contribution in [0, 0.1) is 11.3 Å². The molecule has 1 aromatic heterocycles. The molecule has 0 saturated carbocycles. The summed E-state index contributed by atoms with van der Waals surface area (Å²) in [5.41, 5.74) is 1.91. The normalized spacial score (nSPS) is 15.1. The Morgan fingerprint density at radius 1 is 1.25 bits per heavy atom. The molecule has 1 atom stereocenters. The van der Waals surface area contributed by atoms with Crippen LogP contribution >= 0.6 is 0 Å². The van der Waals surface area contributed by atoms with E-state index in [1.807, 2.05) is 23.1 Å². The second kappa shape index (κ2) is 7.05. The van der Waals surface area contributed by atoms with Crippen molar-refractivity contribution < 1.29 is 9.59 Å². The summed E-state index contributed by atoms with van der Waals surface area (Å²) in [6.07, 6.45) is 3.09. The van der Waals surface area contributed by atoms with Gasteiger partial charge < -0.3 is 4.90 Å². The molecule has 0 radical (unpaired) electrons. The van der Waals surface area contributed by atoms with Crippen LogP contribution in [0.2, 0.25) is 0 Å². The van der Waals surface area contributed by atoms with Crippen molar-refractivity contribution in [2.45, 2.75) is 25.3 Å². The van der Waals surface area contributed by atoms with Crippen LogP contribution in [0.15, 0.2) is 48.7 Å². The average Bonchev–Trinajstić information content (AvgIpc) is 3.02. The molecule has 120 valence electrons. The van der Waals surface area contributed by atoms with Crippen LogP contribution < -0.4 is 0 Å². The van der Waals surface area contributed by atoms with Crippen LogP contribution in [0.1, 0.15) is 40.4 Å². The maximum absolute atomic E-state index is 12.6. The van der Waals surface area contributed by atoms with Gasteiger partial charge in [0.1, 0.15) is 0 Å². The maximum Gasteiger partial charge on any atom is 0.222 e. The highest BCUT2D eigenvalue weighted by atomic mass is 16.2. The van der Waals surface area contributed by atoms with Gasteiger partial charge in [0, 0.05) is 31.3 Å². The summed E-state index contributed by atoms with van der Waals surface area (Å²) in [6, 6.07) is 14.3. The lowest BCUT2D eigenvalue weighted by molar-refractivity contribution is -0.128. The molecular weight excluding hydrogens is 302 g/mol. The van der Waals surface area contributed by atoms with Crippen molar-refractivity contribution in [3.63, 3.8) is 0 Å². The van der Waals surface area contributed by atoms with Crippen molar-refractivity contribution in [3.05, 3.63) is 65.5 Å². The fourth-order valence-corrected chi connectivity index (χ4v) is 2.84. The molecule has 0 N–H and O–H groups in total. The highest BCUT2D eigenvalue weighted by Gasteiger charge is 2.23. The predicted octanol–water partition coefficient (Wildman–Crippen LogP) is 2.69. The van der Waals surface area contributed by atoms with Gasteiger partial charge in [0.05, 0.1) is 11.8 Å². The lowest BCUT2D eigenvalue weighted by atomic mass is 9.95. The van der Waals surface area contributed by atoms with Crippen molar-refractivity contribution in [2.24, 2.45) is 0 Å². The minimum atomic E-state index is -0.905. The quantitative estimate of drug-likeness (QED) is 0.794. The van der Waals surface area contributed by atoms with Crippen molar-refractivity contribution in [2.75, 3.05) is 6.54 Å². The monoisotopic (exact) mass is 319 g/mol. The molecule has 1 unspecified atom stereocenters. The van der Waals surface area contributed by atoms with E-state index in [-0.39, 0.29) is 11.7 Å². The van der Waals surface area contributed by atoms with E-state index < -0.39 is 5.92 Å². The standard InChI is InChI=1S/C19H17N3O2/c20-12-16(17-4-1-2-10-21-17)19(24)15-8-6-14(7-9-15)13-22-11-3-5-18(22)23/h1-2,4,6-10,16H,3,5,11,13H2. The number of aromatic nitrogens is 1. The zero-order chi connectivity index (χ0) is 16.9. The Hall–Kier alpha value is -3.00. The number of nitriles is 1. The number of rotatable bonds is 5. The summed E-state index contributed by atoms with van der Waals surface area (Å²) < 4.78 is 0. The summed E-state index contributed by atoms with van der Waals surface area (Å²) in [7, 11) is 0. The number of carbonyl (C=O) groups is 2. The summed E-state index contributed by atoms with van der Waals surface area (Å²) >= 11 is 0. The molecule has 0 aliphatic carbocycles. The van der Waals surface area contributed by atoms with E-state index in [0.717, 1.165) is 18.5 Å². The first kappa shape index (κ1) is 15.9. The lowest BCUT2D eigenvalue weighted by Gasteiger charge is -2.15.